The van der Waals surface area contributed by atoms with Gasteiger partial charge in [-0.1, -0.05) is 60.8 Å². The molecule has 0 aliphatic heterocycles. The molecule has 146 valence electrons. The summed E-state index contributed by atoms with van der Waals surface area (Å²) in [7, 11) is 0. The van der Waals surface area contributed by atoms with E-state index in [9.17, 15) is 5.11 Å². The van der Waals surface area contributed by atoms with Gasteiger partial charge in [0.05, 0.1) is 31.8 Å². The van der Waals surface area contributed by atoms with Crippen molar-refractivity contribution < 1.29 is 19.3 Å². The van der Waals surface area contributed by atoms with Gasteiger partial charge in [0.2, 0.25) is 0 Å². The Morgan fingerprint density at radius 3 is 1.17 bits per heavy atom. The van der Waals surface area contributed by atoms with Gasteiger partial charge in [-0.15, -0.1) is 0 Å². The lowest BCUT2D eigenvalue weighted by Gasteiger charge is -2.32. The summed E-state index contributed by atoms with van der Waals surface area (Å²) in [5.74, 6) is 1.59. The fraction of sp³-hybridized carbons (Fsp3) is 1.00. The van der Waals surface area contributed by atoms with E-state index in [1.54, 1.807) is 0 Å². The van der Waals surface area contributed by atoms with Gasteiger partial charge in [-0.3, -0.25) is 0 Å². The zero-order valence-electron chi connectivity index (χ0n) is 17.0. The summed E-state index contributed by atoms with van der Waals surface area (Å²) in [5.41, 5.74) is -0.464. The number of rotatable bonds is 16. The Morgan fingerprint density at radius 2 is 0.958 bits per heavy atom. The summed E-state index contributed by atoms with van der Waals surface area (Å²) in [6.07, 6.45) is 3.30. The predicted molar refractivity (Wildman–Crippen MR) is 100 cm³/mol. The third-order valence-corrected chi connectivity index (χ3v) is 4.86. The molecule has 0 radical (unpaired) electrons. The standard InChI is InChI=1S/C20H42O4/c1-7-17(4)10-22-14-20(13-21,15-23-11-18(5)8-2)16-24-12-19(6)9-3/h17-19,21H,7-16H2,1-6H3. The summed E-state index contributed by atoms with van der Waals surface area (Å²) in [5, 5.41) is 10.0. The summed E-state index contributed by atoms with van der Waals surface area (Å²) in [6, 6.07) is 0. The van der Waals surface area contributed by atoms with Crippen LogP contribution >= 0.6 is 0 Å². The Bertz CT molecular complexity index is 242. The Hall–Kier alpha value is -0.160. The van der Waals surface area contributed by atoms with Crippen LogP contribution in [0.15, 0.2) is 0 Å². The second-order valence-electron chi connectivity index (χ2n) is 7.74. The van der Waals surface area contributed by atoms with Crippen LogP contribution in [0.2, 0.25) is 0 Å². The topological polar surface area (TPSA) is 47.9 Å². The average molecular weight is 347 g/mol. The molecule has 0 aliphatic rings. The third-order valence-electron chi connectivity index (χ3n) is 4.86. The highest BCUT2D eigenvalue weighted by Crippen LogP contribution is 2.21. The summed E-state index contributed by atoms with van der Waals surface area (Å²) < 4.78 is 17.7. The Labute approximate surface area is 150 Å². The van der Waals surface area contributed by atoms with Gasteiger partial charge in [-0.2, -0.15) is 0 Å². The number of ether oxygens (including phenoxy) is 3. The van der Waals surface area contributed by atoms with Crippen molar-refractivity contribution in [3.63, 3.8) is 0 Å². The molecule has 0 fully saturated rings. The maximum absolute atomic E-state index is 10.0. The van der Waals surface area contributed by atoms with E-state index in [2.05, 4.69) is 41.5 Å². The van der Waals surface area contributed by atoms with Crippen molar-refractivity contribution in [2.75, 3.05) is 46.2 Å². The molecule has 0 bridgehead atoms. The quantitative estimate of drug-likeness (QED) is 0.456. The van der Waals surface area contributed by atoms with E-state index < -0.39 is 5.41 Å². The van der Waals surface area contributed by atoms with E-state index in [-0.39, 0.29) is 6.61 Å². The van der Waals surface area contributed by atoms with Crippen molar-refractivity contribution in [2.24, 2.45) is 23.2 Å². The highest BCUT2D eigenvalue weighted by atomic mass is 16.5. The van der Waals surface area contributed by atoms with E-state index in [1.165, 1.54) is 0 Å². The lowest BCUT2D eigenvalue weighted by Crippen LogP contribution is -2.41. The Morgan fingerprint density at radius 1 is 0.667 bits per heavy atom. The Balaban J connectivity index is 4.54. The lowest BCUT2D eigenvalue weighted by molar-refractivity contribution is -0.102. The molecule has 24 heavy (non-hydrogen) atoms. The van der Waals surface area contributed by atoms with Crippen LogP contribution in [-0.4, -0.2) is 51.4 Å². The van der Waals surface area contributed by atoms with Gasteiger partial charge in [-0.05, 0) is 17.8 Å². The zero-order valence-corrected chi connectivity index (χ0v) is 17.0. The third kappa shape index (κ3) is 10.7. The van der Waals surface area contributed by atoms with Gasteiger partial charge in [0.1, 0.15) is 0 Å². The molecule has 3 unspecified atom stereocenters. The SMILES string of the molecule is CCC(C)COCC(CO)(COCC(C)CC)COCC(C)CC. The van der Waals surface area contributed by atoms with Gasteiger partial charge in [0.25, 0.3) is 0 Å². The van der Waals surface area contributed by atoms with E-state index in [1.807, 2.05) is 0 Å². The van der Waals surface area contributed by atoms with Crippen LogP contribution in [0.5, 0.6) is 0 Å². The average Bonchev–Trinajstić information content (AvgIpc) is 2.60. The van der Waals surface area contributed by atoms with Crippen LogP contribution in [0, 0.1) is 23.2 Å². The normalized spacial score (nSPS) is 18.1. The van der Waals surface area contributed by atoms with Crippen molar-refractivity contribution >= 4 is 0 Å². The monoisotopic (exact) mass is 346 g/mol. The van der Waals surface area contributed by atoms with E-state index >= 15 is 0 Å². The molecule has 0 saturated heterocycles. The largest absolute Gasteiger partial charge is 0.396 e. The summed E-state index contributed by atoms with van der Waals surface area (Å²) >= 11 is 0. The molecule has 0 aromatic heterocycles. The second-order valence-corrected chi connectivity index (χ2v) is 7.74. The van der Waals surface area contributed by atoms with Gasteiger partial charge in [-0.25, -0.2) is 0 Å². The molecule has 0 aliphatic carbocycles. The van der Waals surface area contributed by atoms with Gasteiger partial charge in [0.15, 0.2) is 0 Å². The highest BCUT2D eigenvalue weighted by molar-refractivity contribution is 4.79. The Kier molecular flexibility index (Phi) is 14.0. The highest BCUT2D eigenvalue weighted by Gasteiger charge is 2.31. The maximum atomic E-state index is 10.0. The molecule has 0 spiro atoms. The molecule has 0 amide bonds. The number of hydrogen-bond acceptors (Lipinski definition) is 4. The van der Waals surface area contributed by atoms with Crippen LogP contribution in [0.3, 0.4) is 0 Å². The van der Waals surface area contributed by atoms with E-state index in [0.29, 0.717) is 37.6 Å². The predicted octanol–water partition coefficient (Wildman–Crippen LogP) is 4.15. The van der Waals surface area contributed by atoms with Crippen molar-refractivity contribution in [3.8, 4) is 0 Å². The first-order valence-corrected chi connectivity index (χ1v) is 9.77. The fourth-order valence-electron chi connectivity index (χ4n) is 2.05. The van der Waals surface area contributed by atoms with Gasteiger partial charge >= 0.3 is 0 Å². The molecule has 0 aromatic carbocycles. The number of hydrogen-bond donors (Lipinski definition) is 1. The van der Waals surface area contributed by atoms with Crippen LogP contribution in [-0.2, 0) is 14.2 Å². The first-order chi connectivity index (χ1) is 11.4. The van der Waals surface area contributed by atoms with Gasteiger partial charge < -0.3 is 19.3 Å². The molecule has 0 saturated carbocycles. The van der Waals surface area contributed by atoms with Crippen LogP contribution in [0.4, 0.5) is 0 Å². The molecule has 0 heterocycles. The molecule has 3 atom stereocenters. The second kappa shape index (κ2) is 14.1. The van der Waals surface area contributed by atoms with E-state index in [0.717, 1.165) is 39.1 Å². The minimum absolute atomic E-state index is 0.0223. The van der Waals surface area contributed by atoms with Crippen LogP contribution in [0.1, 0.15) is 60.8 Å². The summed E-state index contributed by atoms with van der Waals surface area (Å²) in [6.45, 7) is 16.7. The smallest absolute Gasteiger partial charge is 0.0635 e. The maximum Gasteiger partial charge on any atom is 0.0635 e. The fourth-order valence-corrected chi connectivity index (χ4v) is 2.05. The van der Waals surface area contributed by atoms with Crippen molar-refractivity contribution in [1.82, 2.24) is 0 Å². The molecule has 4 heteroatoms. The minimum atomic E-state index is -0.464. The molecular formula is C20H42O4. The first-order valence-electron chi connectivity index (χ1n) is 9.77. The van der Waals surface area contributed by atoms with Gasteiger partial charge in [0, 0.05) is 19.8 Å². The zero-order chi connectivity index (χ0) is 18.4. The number of aliphatic hydroxyl groups is 1. The van der Waals surface area contributed by atoms with Crippen molar-refractivity contribution in [3.05, 3.63) is 0 Å². The minimum Gasteiger partial charge on any atom is -0.396 e. The molecule has 0 aromatic rings. The van der Waals surface area contributed by atoms with Crippen molar-refractivity contribution in [1.29, 1.82) is 0 Å². The molecule has 1 N–H and O–H groups in total. The van der Waals surface area contributed by atoms with Crippen LogP contribution < -0.4 is 0 Å². The molecule has 4 nitrogen and oxygen atoms in total. The molecule has 0 rings (SSSR count). The van der Waals surface area contributed by atoms with E-state index in [4.69, 9.17) is 14.2 Å². The first kappa shape index (κ1) is 23.8. The van der Waals surface area contributed by atoms with Crippen molar-refractivity contribution in [2.45, 2.75) is 60.8 Å². The molecular weight excluding hydrogens is 304 g/mol. The number of aliphatic hydroxyl groups excluding tert-OH is 1. The summed E-state index contributed by atoms with van der Waals surface area (Å²) in [4.78, 5) is 0. The van der Waals surface area contributed by atoms with Crippen LogP contribution in [0.25, 0.3) is 0 Å². The lowest BCUT2D eigenvalue weighted by atomic mass is 9.92.